The molecule has 0 radical (unpaired) electrons. The summed E-state index contributed by atoms with van der Waals surface area (Å²) in [6, 6.07) is 12.1. The molecule has 2 aromatic carbocycles. The van der Waals surface area contributed by atoms with Crippen molar-refractivity contribution in [3.8, 4) is 5.75 Å². The van der Waals surface area contributed by atoms with Crippen LogP contribution in [-0.4, -0.2) is 7.11 Å². The van der Waals surface area contributed by atoms with E-state index in [1.807, 2.05) is 31.2 Å². The van der Waals surface area contributed by atoms with Gasteiger partial charge in [0.1, 0.15) is 5.75 Å². The largest absolute Gasteiger partial charge is 0.496 e. The topological polar surface area (TPSA) is 21.3 Å². The van der Waals surface area contributed by atoms with Crippen molar-refractivity contribution in [2.24, 2.45) is 0 Å². The molecule has 0 aromatic heterocycles. The van der Waals surface area contributed by atoms with Crippen LogP contribution in [0.2, 0.25) is 10.0 Å². The Morgan fingerprint density at radius 3 is 2.48 bits per heavy atom. The molecule has 1 unspecified atom stereocenters. The molecule has 21 heavy (non-hydrogen) atoms. The van der Waals surface area contributed by atoms with Crippen molar-refractivity contribution in [1.29, 1.82) is 0 Å². The SMILES string of the molecule is COc1ccc(CNC(C)c2ccc(Cl)c(Cl)c2)cc1C. The molecule has 0 saturated heterocycles. The molecule has 4 heteroatoms. The molecule has 1 atom stereocenters. The molecule has 0 bridgehead atoms. The summed E-state index contributed by atoms with van der Waals surface area (Å²) in [5.41, 5.74) is 3.48. The fourth-order valence-corrected chi connectivity index (χ4v) is 2.53. The second-order valence-electron chi connectivity index (χ2n) is 5.08. The minimum Gasteiger partial charge on any atom is -0.496 e. The number of rotatable bonds is 5. The average molecular weight is 324 g/mol. The van der Waals surface area contributed by atoms with Crippen LogP contribution < -0.4 is 10.1 Å². The van der Waals surface area contributed by atoms with E-state index in [1.165, 1.54) is 5.56 Å². The lowest BCUT2D eigenvalue weighted by Gasteiger charge is -2.16. The van der Waals surface area contributed by atoms with E-state index < -0.39 is 0 Å². The number of halogens is 2. The summed E-state index contributed by atoms with van der Waals surface area (Å²) in [7, 11) is 1.69. The minimum atomic E-state index is 0.196. The lowest BCUT2D eigenvalue weighted by molar-refractivity contribution is 0.411. The molecule has 0 aliphatic carbocycles. The molecule has 1 N–H and O–H groups in total. The highest BCUT2D eigenvalue weighted by Gasteiger charge is 2.08. The Labute approximate surface area is 136 Å². The molecule has 0 amide bonds. The maximum Gasteiger partial charge on any atom is 0.121 e. The Morgan fingerprint density at radius 2 is 1.86 bits per heavy atom. The number of aryl methyl sites for hydroxylation is 1. The standard InChI is InChI=1S/C17H19Cl2NO/c1-11-8-13(4-7-17(11)21-3)10-20-12(2)14-5-6-15(18)16(19)9-14/h4-9,12,20H,10H2,1-3H3. The normalized spacial score (nSPS) is 12.2. The van der Waals surface area contributed by atoms with E-state index in [4.69, 9.17) is 27.9 Å². The van der Waals surface area contributed by atoms with E-state index in [2.05, 4.69) is 24.4 Å². The zero-order valence-electron chi connectivity index (χ0n) is 12.4. The molecule has 0 aliphatic heterocycles. The van der Waals surface area contributed by atoms with Crippen molar-refractivity contribution in [2.75, 3.05) is 7.11 Å². The van der Waals surface area contributed by atoms with Gasteiger partial charge in [0.2, 0.25) is 0 Å². The Bertz CT molecular complexity index is 628. The van der Waals surface area contributed by atoms with Crippen molar-refractivity contribution < 1.29 is 4.74 Å². The predicted octanol–water partition coefficient (Wildman–Crippen LogP) is 5.16. The highest BCUT2D eigenvalue weighted by Crippen LogP contribution is 2.26. The van der Waals surface area contributed by atoms with Crippen molar-refractivity contribution in [1.82, 2.24) is 5.32 Å². The quantitative estimate of drug-likeness (QED) is 0.820. The lowest BCUT2D eigenvalue weighted by atomic mass is 10.1. The van der Waals surface area contributed by atoms with Gasteiger partial charge in [0.15, 0.2) is 0 Å². The van der Waals surface area contributed by atoms with Gasteiger partial charge in [-0.2, -0.15) is 0 Å². The first-order valence-corrected chi connectivity index (χ1v) is 7.58. The zero-order valence-corrected chi connectivity index (χ0v) is 13.9. The molecule has 2 aromatic rings. The van der Waals surface area contributed by atoms with E-state index >= 15 is 0 Å². The van der Waals surface area contributed by atoms with Crippen molar-refractivity contribution in [3.63, 3.8) is 0 Å². The number of methoxy groups -OCH3 is 1. The predicted molar refractivity (Wildman–Crippen MR) is 89.4 cm³/mol. The Balaban J connectivity index is 2.01. The summed E-state index contributed by atoms with van der Waals surface area (Å²) in [6.07, 6.45) is 0. The molecule has 0 aliphatic rings. The van der Waals surface area contributed by atoms with Gasteiger partial charge in [-0.1, -0.05) is 41.4 Å². The van der Waals surface area contributed by atoms with Crippen LogP contribution in [0, 0.1) is 6.92 Å². The van der Waals surface area contributed by atoms with E-state index in [1.54, 1.807) is 7.11 Å². The number of hydrogen-bond acceptors (Lipinski definition) is 2. The maximum atomic E-state index is 6.06. The van der Waals surface area contributed by atoms with Gasteiger partial charge in [0.05, 0.1) is 17.2 Å². The lowest BCUT2D eigenvalue weighted by Crippen LogP contribution is -2.18. The van der Waals surface area contributed by atoms with Gasteiger partial charge < -0.3 is 10.1 Å². The first-order chi connectivity index (χ1) is 10.0. The Morgan fingerprint density at radius 1 is 1.10 bits per heavy atom. The number of benzene rings is 2. The second kappa shape index (κ2) is 7.17. The van der Waals surface area contributed by atoms with E-state index in [0.29, 0.717) is 10.0 Å². The number of nitrogens with one attached hydrogen (secondary N) is 1. The van der Waals surface area contributed by atoms with Crippen molar-refractivity contribution in [3.05, 3.63) is 63.1 Å². The molecule has 0 heterocycles. The highest BCUT2D eigenvalue weighted by atomic mass is 35.5. The van der Waals surface area contributed by atoms with Crippen molar-refractivity contribution in [2.45, 2.75) is 26.4 Å². The first-order valence-electron chi connectivity index (χ1n) is 6.83. The molecule has 0 spiro atoms. The van der Waals surface area contributed by atoms with Gasteiger partial charge in [-0.25, -0.2) is 0 Å². The number of hydrogen-bond donors (Lipinski definition) is 1. The molecule has 112 valence electrons. The molecular formula is C17H19Cl2NO. The van der Waals surface area contributed by atoms with Crippen LogP contribution in [0.4, 0.5) is 0 Å². The summed E-state index contributed by atoms with van der Waals surface area (Å²) in [5, 5.41) is 4.65. The van der Waals surface area contributed by atoms with E-state index in [9.17, 15) is 0 Å². The van der Waals surface area contributed by atoms with Gasteiger partial charge in [-0.3, -0.25) is 0 Å². The van der Waals surface area contributed by atoms with Gasteiger partial charge in [0, 0.05) is 12.6 Å². The van der Waals surface area contributed by atoms with Crippen LogP contribution in [0.25, 0.3) is 0 Å². The highest BCUT2D eigenvalue weighted by molar-refractivity contribution is 6.42. The van der Waals surface area contributed by atoms with E-state index in [0.717, 1.165) is 23.4 Å². The smallest absolute Gasteiger partial charge is 0.121 e. The third-order valence-electron chi connectivity index (χ3n) is 3.52. The Hall–Kier alpha value is -1.22. The monoisotopic (exact) mass is 323 g/mol. The molecule has 0 saturated carbocycles. The van der Waals surface area contributed by atoms with Crippen LogP contribution >= 0.6 is 23.2 Å². The molecule has 0 fully saturated rings. The summed E-state index contributed by atoms with van der Waals surface area (Å²) in [5.74, 6) is 0.913. The van der Waals surface area contributed by atoms with Gasteiger partial charge in [-0.15, -0.1) is 0 Å². The molecular weight excluding hydrogens is 305 g/mol. The Kier molecular flexibility index (Phi) is 5.51. The third-order valence-corrected chi connectivity index (χ3v) is 4.25. The summed E-state index contributed by atoms with van der Waals surface area (Å²) in [6.45, 7) is 4.94. The summed E-state index contributed by atoms with van der Waals surface area (Å²) in [4.78, 5) is 0. The van der Waals surface area contributed by atoms with E-state index in [-0.39, 0.29) is 6.04 Å². The van der Waals surface area contributed by atoms with Crippen LogP contribution in [-0.2, 0) is 6.54 Å². The summed E-state index contributed by atoms with van der Waals surface area (Å²) >= 11 is 12.0. The van der Waals surface area contributed by atoms with Crippen molar-refractivity contribution >= 4 is 23.2 Å². The summed E-state index contributed by atoms with van der Waals surface area (Å²) < 4.78 is 5.27. The van der Waals surface area contributed by atoms with Crippen LogP contribution in [0.5, 0.6) is 5.75 Å². The third kappa shape index (κ3) is 4.13. The number of ether oxygens (including phenoxy) is 1. The zero-order chi connectivity index (χ0) is 15.4. The van der Waals surface area contributed by atoms with Crippen LogP contribution in [0.1, 0.15) is 29.7 Å². The van der Waals surface area contributed by atoms with Gasteiger partial charge in [0.25, 0.3) is 0 Å². The minimum absolute atomic E-state index is 0.196. The maximum absolute atomic E-state index is 6.06. The van der Waals surface area contributed by atoms with Crippen LogP contribution in [0.15, 0.2) is 36.4 Å². The van der Waals surface area contributed by atoms with Gasteiger partial charge >= 0.3 is 0 Å². The average Bonchev–Trinajstić information content (AvgIpc) is 2.47. The van der Waals surface area contributed by atoms with Crippen LogP contribution in [0.3, 0.4) is 0 Å². The first kappa shape index (κ1) is 16.2. The fourth-order valence-electron chi connectivity index (χ4n) is 2.22. The van der Waals surface area contributed by atoms with Gasteiger partial charge in [-0.05, 0) is 48.7 Å². The molecule has 2 rings (SSSR count). The fraction of sp³-hybridized carbons (Fsp3) is 0.294. The second-order valence-corrected chi connectivity index (χ2v) is 5.89. The molecule has 2 nitrogen and oxygen atoms in total.